The van der Waals surface area contributed by atoms with Gasteiger partial charge >= 0.3 is 6.18 Å². The van der Waals surface area contributed by atoms with E-state index >= 15 is 0 Å². The number of benzene rings is 1. The Hall–Kier alpha value is -1.74. The molecule has 1 aromatic rings. The van der Waals surface area contributed by atoms with E-state index in [2.05, 4.69) is 0 Å². The van der Waals surface area contributed by atoms with Gasteiger partial charge < -0.3 is 10.0 Å². The second kappa shape index (κ2) is 5.33. The molecule has 1 saturated carbocycles. The number of nitriles is 1. The highest BCUT2D eigenvalue weighted by Crippen LogP contribution is 2.34. The first-order valence-electron chi connectivity index (χ1n) is 6.32. The van der Waals surface area contributed by atoms with Gasteiger partial charge in [-0.25, -0.2) is 0 Å². The minimum absolute atomic E-state index is 0.0159. The van der Waals surface area contributed by atoms with E-state index in [1.165, 1.54) is 6.07 Å². The van der Waals surface area contributed by atoms with Crippen molar-refractivity contribution >= 4 is 5.69 Å². The first-order valence-corrected chi connectivity index (χ1v) is 6.32. The summed E-state index contributed by atoms with van der Waals surface area (Å²) in [5, 5.41) is 18.3. The van der Waals surface area contributed by atoms with Crippen molar-refractivity contribution in [3.63, 3.8) is 0 Å². The van der Waals surface area contributed by atoms with Gasteiger partial charge in [0.1, 0.15) is 6.07 Å². The van der Waals surface area contributed by atoms with Crippen LogP contribution in [0.25, 0.3) is 0 Å². The van der Waals surface area contributed by atoms with Crippen molar-refractivity contribution in [3.8, 4) is 6.07 Å². The molecule has 1 aliphatic rings. The van der Waals surface area contributed by atoms with Crippen molar-refractivity contribution < 1.29 is 18.3 Å². The van der Waals surface area contributed by atoms with Crippen LogP contribution in [0.5, 0.6) is 0 Å². The second-order valence-electron chi connectivity index (χ2n) is 5.21. The van der Waals surface area contributed by atoms with Crippen molar-refractivity contribution in [2.75, 3.05) is 18.5 Å². The first-order chi connectivity index (χ1) is 9.31. The van der Waals surface area contributed by atoms with Crippen LogP contribution in [-0.2, 0) is 6.18 Å². The highest BCUT2D eigenvalue weighted by atomic mass is 19.4. The summed E-state index contributed by atoms with van der Waals surface area (Å²) in [6.45, 7) is 0.622. The molecule has 0 radical (unpaired) electrons. The zero-order valence-electron chi connectivity index (χ0n) is 11.0. The van der Waals surface area contributed by atoms with E-state index in [-0.39, 0.29) is 11.7 Å². The summed E-state index contributed by atoms with van der Waals surface area (Å²) in [6, 6.07) is 5.01. The molecule has 1 aromatic carbocycles. The maximum atomic E-state index is 12.6. The molecule has 20 heavy (non-hydrogen) atoms. The molecule has 1 aliphatic carbocycles. The molecule has 108 valence electrons. The van der Waals surface area contributed by atoms with E-state index in [4.69, 9.17) is 5.26 Å². The minimum atomic E-state index is -4.44. The van der Waals surface area contributed by atoms with Crippen LogP contribution < -0.4 is 4.90 Å². The van der Waals surface area contributed by atoms with E-state index in [0.29, 0.717) is 31.0 Å². The van der Waals surface area contributed by atoms with Crippen LogP contribution in [0.1, 0.15) is 24.0 Å². The molecule has 0 aromatic heterocycles. The lowest BCUT2D eigenvalue weighted by Crippen LogP contribution is -2.37. The number of halogens is 3. The topological polar surface area (TPSA) is 47.3 Å². The van der Waals surface area contributed by atoms with Crippen LogP contribution in [0.2, 0.25) is 0 Å². The third-order valence-corrected chi connectivity index (χ3v) is 3.60. The quantitative estimate of drug-likeness (QED) is 0.928. The molecule has 0 atom stereocenters. The van der Waals surface area contributed by atoms with Gasteiger partial charge in [0.05, 0.1) is 22.9 Å². The molecule has 0 spiro atoms. The summed E-state index contributed by atoms with van der Waals surface area (Å²) in [6.07, 6.45) is -3.31. The highest BCUT2D eigenvalue weighted by Gasteiger charge is 2.32. The summed E-state index contributed by atoms with van der Waals surface area (Å²) in [5.41, 5.74) is -0.311. The number of anilines is 1. The Balaban J connectivity index is 2.17. The maximum Gasteiger partial charge on any atom is 0.416 e. The van der Waals surface area contributed by atoms with Crippen LogP contribution in [0.15, 0.2) is 18.2 Å². The van der Waals surface area contributed by atoms with Gasteiger partial charge in [0, 0.05) is 13.6 Å². The molecule has 6 heteroatoms. The molecule has 0 saturated heterocycles. The average molecular weight is 284 g/mol. The predicted octanol–water partition coefficient (Wildman–Crippen LogP) is 2.78. The van der Waals surface area contributed by atoms with E-state index in [1.807, 2.05) is 6.07 Å². The van der Waals surface area contributed by atoms with Crippen LogP contribution >= 0.6 is 0 Å². The fraction of sp³-hybridized carbons (Fsp3) is 0.500. The Morgan fingerprint density at radius 2 is 2.05 bits per heavy atom. The Morgan fingerprint density at radius 1 is 1.40 bits per heavy atom. The number of alkyl halides is 3. The van der Waals surface area contributed by atoms with Gasteiger partial charge in [-0.3, -0.25) is 0 Å². The second-order valence-corrected chi connectivity index (χ2v) is 5.21. The largest absolute Gasteiger partial charge is 0.416 e. The molecule has 0 bridgehead atoms. The third kappa shape index (κ3) is 3.05. The number of nitrogens with zero attached hydrogens (tertiary/aromatic N) is 2. The van der Waals surface area contributed by atoms with Gasteiger partial charge in [-0.05, 0) is 37.0 Å². The molecule has 1 fully saturated rings. The number of aliphatic hydroxyl groups excluding tert-OH is 1. The molecule has 0 amide bonds. The van der Waals surface area contributed by atoms with E-state index in [0.717, 1.165) is 12.1 Å². The van der Waals surface area contributed by atoms with Crippen molar-refractivity contribution in [1.82, 2.24) is 0 Å². The highest BCUT2D eigenvalue weighted by molar-refractivity contribution is 5.60. The van der Waals surface area contributed by atoms with Gasteiger partial charge in [0.25, 0.3) is 0 Å². The molecule has 2 rings (SSSR count). The molecule has 0 aliphatic heterocycles. The fourth-order valence-corrected chi connectivity index (χ4v) is 2.47. The minimum Gasteiger partial charge on any atom is -0.393 e. The lowest BCUT2D eigenvalue weighted by atomic mass is 9.82. The van der Waals surface area contributed by atoms with E-state index < -0.39 is 11.7 Å². The Kier molecular flexibility index (Phi) is 3.91. The average Bonchev–Trinajstić information content (AvgIpc) is 2.35. The lowest BCUT2D eigenvalue weighted by molar-refractivity contribution is -0.137. The van der Waals surface area contributed by atoms with Crippen molar-refractivity contribution in [2.45, 2.75) is 25.1 Å². The summed E-state index contributed by atoms with van der Waals surface area (Å²) in [7, 11) is 1.74. The molecule has 1 N–H and O–H groups in total. The van der Waals surface area contributed by atoms with E-state index in [1.54, 1.807) is 11.9 Å². The smallest absolute Gasteiger partial charge is 0.393 e. The van der Waals surface area contributed by atoms with Gasteiger partial charge in [0.2, 0.25) is 0 Å². The number of rotatable bonds is 3. The Labute approximate surface area is 115 Å². The van der Waals surface area contributed by atoms with Gasteiger partial charge in [-0.15, -0.1) is 0 Å². The standard InChI is InChI=1S/C14H15F3N2O/c1-19(8-9-4-12(20)5-9)13-3-2-11(14(15,16)17)6-10(13)7-18/h2-3,6,9,12,20H,4-5,8H2,1H3. The van der Waals surface area contributed by atoms with Gasteiger partial charge in [0.15, 0.2) is 0 Å². The summed E-state index contributed by atoms with van der Waals surface area (Å²) in [5.74, 6) is 0.323. The normalized spacial score (nSPS) is 22.0. The first kappa shape index (κ1) is 14.7. The fourth-order valence-electron chi connectivity index (χ4n) is 2.47. The van der Waals surface area contributed by atoms with Crippen LogP contribution in [-0.4, -0.2) is 24.8 Å². The Bertz CT molecular complexity index is 530. The predicted molar refractivity (Wildman–Crippen MR) is 68.2 cm³/mol. The summed E-state index contributed by atoms with van der Waals surface area (Å²) < 4.78 is 37.8. The van der Waals surface area contributed by atoms with Crippen molar-refractivity contribution in [3.05, 3.63) is 29.3 Å². The maximum absolute atomic E-state index is 12.6. The molecule has 0 unspecified atom stereocenters. The van der Waals surface area contributed by atoms with Crippen LogP contribution in [0, 0.1) is 17.2 Å². The molecule has 0 heterocycles. The zero-order valence-corrected chi connectivity index (χ0v) is 11.0. The number of hydrogen-bond donors (Lipinski definition) is 1. The van der Waals surface area contributed by atoms with Crippen molar-refractivity contribution in [1.29, 1.82) is 5.26 Å². The summed E-state index contributed by atoms with van der Waals surface area (Å²) in [4.78, 5) is 1.77. The van der Waals surface area contributed by atoms with E-state index in [9.17, 15) is 18.3 Å². The summed E-state index contributed by atoms with van der Waals surface area (Å²) >= 11 is 0. The third-order valence-electron chi connectivity index (χ3n) is 3.60. The molecule has 3 nitrogen and oxygen atoms in total. The SMILES string of the molecule is CN(CC1CC(O)C1)c1ccc(C(F)(F)F)cc1C#N. The number of hydrogen-bond acceptors (Lipinski definition) is 3. The lowest BCUT2D eigenvalue weighted by Gasteiger charge is -2.35. The van der Waals surface area contributed by atoms with Crippen molar-refractivity contribution in [2.24, 2.45) is 5.92 Å². The number of aliphatic hydroxyl groups is 1. The Morgan fingerprint density at radius 3 is 2.55 bits per heavy atom. The molecular formula is C14H15F3N2O. The van der Waals surface area contributed by atoms with Gasteiger partial charge in [-0.2, -0.15) is 18.4 Å². The zero-order chi connectivity index (χ0) is 14.9. The van der Waals surface area contributed by atoms with Gasteiger partial charge in [-0.1, -0.05) is 0 Å². The van der Waals surface area contributed by atoms with Crippen LogP contribution in [0.4, 0.5) is 18.9 Å². The molecular weight excluding hydrogens is 269 g/mol. The monoisotopic (exact) mass is 284 g/mol. The van der Waals surface area contributed by atoms with Crippen LogP contribution in [0.3, 0.4) is 0 Å².